The predicted molar refractivity (Wildman–Crippen MR) is 89.6 cm³/mol. The predicted octanol–water partition coefficient (Wildman–Crippen LogP) is 2.53. The van der Waals surface area contributed by atoms with Gasteiger partial charge in [0.05, 0.1) is 5.69 Å². The second kappa shape index (κ2) is 7.78. The summed E-state index contributed by atoms with van der Waals surface area (Å²) in [6, 6.07) is 8.46. The standard InChI is InChI=1S/C16H19ClN4O2/c1-11-10-14(21(2)20-11)19-15(22)4-3-9-18-16(23)12-5-7-13(17)8-6-12/h5-8,10H,3-4,9H2,1-2H3,(H,18,23)(H,19,22). The van der Waals surface area contributed by atoms with Crippen molar-refractivity contribution in [2.75, 3.05) is 11.9 Å². The third-order valence-electron chi connectivity index (χ3n) is 3.24. The van der Waals surface area contributed by atoms with Gasteiger partial charge in [-0.3, -0.25) is 14.3 Å². The van der Waals surface area contributed by atoms with Crippen molar-refractivity contribution in [3.63, 3.8) is 0 Å². The van der Waals surface area contributed by atoms with E-state index in [-0.39, 0.29) is 11.8 Å². The number of anilines is 1. The van der Waals surface area contributed by atoms with Crippen molar-refractivity contribution in [3.8, 4) is 0 Å². The lowest BCUT2D eigenvalue weighted by Crippen LogP contribution is -2.25. The Kier molecular flexibility index (Phi) is 5.76. The number of benzene rings is 1. The molecule has 122 valence electrons. The molecule has 1 aromatic carbocycles. The minimum absolute atomic E-state index is 0.103. The molecule has 7 heteroatoms. The first kappa shape index (κ1) is 17.0. The van der Waals surface area contributed by atoms with Crippen molar-refractivity contribution >= 4 is 29.2 Å². The fraction of sp³-hybridized carbons (Fsp3) is 0.312. The van der Waals surface area contributed by atoms with Crippen LogP contribution in [0.1, 0.15) is 28.9 Å². The molecule has 0 unspecified atom stereocenters. The van der Waals surface area contributed by atoms with E-state index in [4.69, 9.17) is 11.6 Å². The molecule has 2 rings (SSSR count). The fourth-order valence-corrected chi connectivity index (χ4v) is 2.21. The smallest absolute Gasteiger partial charge is 0.251 e. The molecule has 23 heavy (non-hydrogen) atoms. The Bertz CT molecular complexity index is 695. The summed E-state index contributed by atoms with van der Waals surface area (Å²) < 4.78 is 1.62. The van der Waals surface area contributed by atoms with Gasteiger partial charge in [0.15, 0.2) is 0 Å². The number of nitrogens with zero attached hydrogens (tertiary/aromatic N) is 2. The maximum atomic E-state index is 11.9. The maximum absolute atomic E-state index is 11.9. The molecule has 0 atom stereocenters. The first-order valence-electron chi connectivity index (χ1n) is 7.30. The number of halogens is 1. The average Bonchev–Trinajstić information content (AvgIpc) is 2.82. The molecule has 0 fully saturated rings. The van der Waals surface area contributed by atoms with Gasteiger partial charge < -0.3 is 10.6 Å². The zero-order chi connectivity index (χ0) is 16.8. The molecular formula is C16H19ClN4O2. The van der Waals surface area contributed by atoms with E-state index < -0.39 is 0 Å². The Morgan fingerprint density at radius 3 is 2.57 bits per heavy atom. The van der Waals surface area contributed by atoms with Crippen LogP contribution in [0.4, 0.5) is 5.82 Å². The summed E-state index contributed by atoms with van der Waals surface area (Å²) in [5, 5.41) is 10.3. The number of hydrogen-bond acceptors (Lipinski definition) is 3. The van der Waals surface area contributed by atoms with Crippen LogP contribution < -0.4 is 10.6 Å². The highest BCUT2D eigenvalue weighted by Crippen LogP contribution is 2.10. The molecule has 0 saturated heterocycles. The van der Waals surface area contributed by atoms with Gasteiger partial charge in [0.1, 0.15) is 5.82 Å². The topological polar surface area (TPSA) is 76.0 Å². The third kappa shape index (κ3) is 5.10. The maximum Gasteiger partial charge on any atom is 0.251 e. The highest BCUT2D eigenvalue weighted by atomic mass is 35.5. The summed E-state index contributed by atoms with van der Waals surface area (Å²) >= 11 is 5.77. The highest BCUT2D eigenvalue weighted by Gasteiger charge is 2.08. The van der Waals surface area contributed by atoms with Crippen molar-refractivity contribution in [2.24, 2.45) is 7.05 Å². The first-order chi connectivity index (χ1) is 11.0. The van der Waals surface area contributed by atoms with Gasteiger partial charge in [0, 0.05) is 36.7 Å². The van der Waals surface area contributed by atoms with Gasteiger partial charge in [0.2, 0.25) is 5.91 Å². The van der Waals surface area contributed by atoms with E-state index in [9.17, 15) is 9.59 Å². The van der Waals surface area contributed by atoms with Gasteiger partial charge in [-0.05, 0) is 37.6 Å². The molecule has 0 bridgehead atoms. The van der Waals surface area contributed by atoms with E-state index in [2.05, 4.69) is 15.7 Å². The molecule has 1 heterocycles. The van der Waals surface area contributed by atoms with E-state index in [1.807, 2.05) is 6.92 Å². The lowest BCUT2D eigenvalue weighted by molar-refractivity contribution is -0.116. The Balaban J connectivity index is 1.70. The molecule has 0 radical (unpaired) electrons. The molecule has 0 aliphatic carbocycles. The van der Waals surface area contributed by atoms with Gasteiger partial charge >= 0.3 is 0 Å². The molecular weight excluding hydrogens is 316 g/mol. The highest BCUT2D eigenvalue weighted by molar-refractivity contribution is 6.30. The molecule has 0 saturated carbocycles. The van der Waals surface area contributed by atoms with Crippen molar-refractivity contribution in [1.29, 1.82) is 0 Å². The van der Waals surface area contributed by atoms with Crippen LogP contribution in [0.3, 0.4) is 0 Å². The molecule has 6 nitrogen and oxygen atoms in total. The monoisotopic (exact) mass is 334 g/mol. The summed E-state index contributed by atoms with van der Waals surface area (Å²) in [6.07, 6.45) is 0.882. The number of rotatable bonds is 6. The summed E-state index contributed by atoms with van der Waals surface area (Å²) in [4.78, 5) is 23.7. The van der Waals surface area contributed by atoms with E-state index >= 15 is 0 Å². The van der Waals surface area contributed by atoms with Gasteiger partial charge in [-0.1, -0.05) is 11.6 Å². The number of aryl methyl sites for hydroxylation is 2. The molecule has 2 aromatic rings. The van der Waals surface area contributed by atoms with Crippen molar-refractivity contribution in [2.45, 2.75) is 19.8 Å². The molecule has 2 N–H and O–H groups in total. The Labute approximate surface area is 139 Å². The van der Waals surface area contributed by atoms with Crippen LogP contribution in [0.5, 0.6) is 0 Å². The van der Waals surface area contributed by atoms with Crippen molar-refractivity contribution in [3.05, 3.63) is 46.6 Å². The zero-order valence-electron chi connectivity index (χ0n) is 13.1. The van der Waals surface area contributed by atoms with E-state index in [0.29, 0.717) is 35.8 Å². The zero-order valence-corrected chi connectivity index (χ0v) is 13.9. The Morgan fingerprint density at radius 1 is 1.26 bits per heavy atom. The third-order valence-corrected chi connectivity index (χ3v) is 3.49. The molecule has 0 aliphatic heterocycles. The second-order valence-electron chi connectivity index (χ2n) is 5.21. The Hall–Kier alpha value is -2.34. The number of hydrogen-bond donors (Lipinski definition) is 2. The van der Waals surface area contributed by atoms with E-state index in [0.717, 1.165) is 5.69 Å². The summed E-state index contributed by atoms with van der Waals surface area (Å²) in [5.74, 6) is 0.385. The number of amides is 2. The second-order valence-corrected chi connectivity index (χ2v) is 5.65. The number of nitrogens with one attached hydrogen (secondary N) is 2. The lowest BCUT2D eigenvalue weighted by Gasteiger charge is -2.07. The quantitative estimate of drug-likeness (QED) is 0.797. The van der Waals surface area contributed by atoms with Gasteiger partial charge in [-0.15, -0.1) is 0 Å². The van der Waals surface area contributed by atoms with E-state index in [1.165, 1.54) is 0 Å². The number of aromatic nitrogens is 2. The molecule has 1 aromatic heterocycles. The molecule has 0 spiro atoms. The number of carbonyl (C=O) groups excluding carboxylic acids is 2. The largest absolute Gasteiger partial charge is 0.352 e. The van der Waals surface area contributed by atoms with Crippen LogP contribution in [0.25, 0.3) is 0 Å². The van der Waals surface area contributed by atoms with Gasteiger partial charge in [-0.25, -0.2) is 0 Å². The summed E-state index contributed by atoms with van der Waals surface area (Å²) in [6.45, 7) is 2.29. The van der Waals surface area contributed by atoms with Gasteiger partial charge in [0.25, 0.3) is 5.91 Å². The first-order valence-corrected chi connectivity index (χ1v) is 7.68. The van der Waals surface area contributed by atoms with Gasteiger partial charge in [-0.2, -0.15) is 5.10 Å². The minimum Gasteiger partial charge on any atom is -0.352 e. The molecule has 0 aliphatic rings. The van der Waals surface area contributed by atoms with Crippen molar-refractivity contribution in [1.82, 2.24) is 15.1 Å². The Morgan fingerprint density at radius 2 is 1.96 bits per heavy atom. The minimum atomic E-state index is -0.177. The van der Waals surface area contributed by atoms with Crippen LogP contribution in [0.2, 0.25) is 5.02 Å². The lowest BCUT2D eigenvalue weighted by atomic mass is 10.2. The van der Waals surface area contributed by atoms with Crippen LogP contribution in [-0.4, -0.2) is 28.1 Å². The van der Waals surface area contributed by atoms with Crippen molar-refractivity contribution < 1.29 is 9.59 Å². The molecule has 2 amide bonds. The van der Waals surface area contributed by atoms with Crippen LogP contribution in [0.15, 0.2) is 30.3 Å². The average molecular weight is 335 g/mol. The van der Waals surface area contributed by atoms with E-state index in [1.54, 1.807) is 42.1 Å². The van der Waals surface area contributed by atoms with Crippen LogP contribution in [0, 0.1) is 6.92 Å². The number of carbonyl (C=O) groups is 2. The summed E-state index contributed by atoms with van der Waals surface area (Å²) in [5.41, 5.74) is 1.39. The SMILES string of the molecule is Cc1cc(NC(=O)CCCNC(=O)c2ccc(Cl)cc2)n(C)n1. The van der Waals surface area contributed by atoms with Crippen LogP contribution >= 0.6 is 11.6 Å². The summed E-state index contributed by atoms with van der Waals surface area (Å²) in [7, 11) is 1.77. The fourth-order valence-electron chi connectivity index (χ4n) is 2.09. The normalized spacial score (nSPS) is 10.4. The van der Waals surface area contributed by atoms with Crippen LogP contribution in [-0.2, 0) is 11.8 Å².